The third kappa shape index (κ3) is 2.95. The third-order valence-corrected chi connectivity index (χ3v) is 4.59. The summed E-state index contributed by atoms with van der Waals surface area (Å²) in [5.41, 5.74) is 9.27. The zero-order valence-corrected chi connectivity index (χ0v) is 12.2. The number of nitrogens with one attached hydrogen (secondary N) is 1. The average molecular weight is 301 g/mol. The van der Waals surface area contributed by atoms with Crippen molar-refractivity contribution >= 4 is 28.8 Å². The van der Waals surface area contributed by atoms with Crippen LogP contribution in [0.1, 0.15) is 27.3 Å². The lowest BCUT2D eigenvalue weighted by Gasteiger charge is -2.20. The molecule has 6 heteroatoms. The van der Waals surface area contributed by atoms with E-state index in [-0.39, 0.29) is 11.8 Å². The summed E-state index contributed by atoms with van der Waals surface area (Å²) < 4.78 is 0. The molecule has 21 heavy (non-hydrogen) atoms. The first-order valence-corrected chi connectivity index (χ1v) is 7.63. The zero-order valence-electron chi connectivity index (χ0n) is 11.3. The van der Waals surface area contributed by atoms with Gasteiger partial charge in [0.1, 0.15) is 0 Å². The summed E-state index contributed by atoms with van der Waals surface area (Å²) in [6, 6.07) is 6.61. The highest BCUT2D eigenvalue weighted by atomic mass is 32.1. The molecular formula is C15H15N3O2S. The van der Waals surface area contributed by atoms with Crippen molar-refractivity contribution < 1.29 is 9.59 Å². The number of thiazole rings is 1. The quantitative estimate of drug-likeness (QED) is 0.909. The first kappa shape index (κ1) is 13.8. The highest BCUT2D eigenvalue weighted by Gasteiger charge is 2.26. The maximum atomic E-state index is 12.3. The minimum absolute atomic E-state index is 0.0147. The summed E-state index contributed by atoms with van der Waals surface area (Å²) in [7, 11) is 0. The van der Waals surface area contributed by atoms with Gasteiger partial charge in [-0.1, -0.05) is 0 Å². The Balaban J connectivity index is 1.65. The third-order valence-electron chi connectivity index (χ3n) is 3.69. The summed E-state index contributed by atoms with van der Waals surface area (Å²) in [6.07, 6.45) is 2.44. The van der Waals surface area contributed by atoms with Crippen molar-refractivity contribution in [3.05, 3.63) is 45.9 Å². The standard InChI is InChI=1S/C15H15N3O2S/c16-14(19)9-1-4-11(5-2-9)18-15(20)10-3-6-12-13(7-10)21-8-17-12/h1-2,4-5,8,10H,3,6-7H2,(H2,16,19)(H,18,20). The van der Waals surface area contributed by atoms with E-state index in [2.05, 4.69) is 10.3 Å². The van der Waals surface area contributed by atoms with E-state index in [1.54, 1.807) is 35.6 Å². The number of nitrogens with two attached hydrogens (primary N) is 1. The number of amides is 2. The van der Waals surface area contributed by atoms with Gasteiger partial charge in [-0.3, -0.25) is 9.59 Å². The van der Waals surface area contributed by atoms with Gasteiger partial charge in [0.05, 0.1) is 11.2 Å². The molecule has 1 atom stereocenters. The number of hydrogen-bond donors (Lipinski definition) is 2. The number of hydrogen-bond acceptors (Lipinski definition) is 4. The van der Waals surface area contributed by atoms with Crippen LogP contribution in [0.15, 0.2) is 29.8 Å². The molecule has 0 radical (unpaired) electrons. The van der Waals surface area contributed by atoms with Crippen molar-refractivity contribution in [2.75, 3.05) is 5.32 Å². The molecule has 2 aromatic rings. The number of carbonyl (C=O) groups excluding carboxylic acids is 2. The predicted molar refractivity (Wildman–Crippen MR) is 81.2 cm³/mol. The van der Waals surface area contributed by atoms with Crippen LogP contribution in [0.25, 0.3) is 0 Å². The number of nitrogens with zero attached hydrogens (tertiary/aromatic N) is 1. The lowest BCUT2D eigenvalue weighted by molar-refractivity contribution is -0.120. The van der Waals surface area contributed by atoms with Gasteiger partial charge in [0, 0.05) is 22.0 Å². The van der Waals surface area contributed by atoms with Gasteiger partial charge in [0.2, 0.25) is 11.8 Å². The largest absolute Gasteiger partial charge is 0.366 e. The Bertz CT molecular complexity index is 678. The van der Waals surface area contributed by atoms with Gasteiger partial charge in [-0.2, -0.15) is 0 Å². The zero-order chi connectivity index (χ0) is 14.8. The average Bonchev–Trinajstić information content (AvgIpc) is 2.95. The topological polar surface area (TPSA) is 85.1 Å². The first-order valence-electron chi connectivity index (χ1n) is 6.75. The molecule has 1 heterocycles. The van der Waals surface area contributed by atoms with E-state index in [9.17, 15) is 9.59 Å². The summed E-state index contributed by atoms with van der Waals surface area (Å²) >= 11 is 1.62. The smallest absolute Gasteiger partial charge is 0.248 e. The molecular weight excluding hydrogens is 286 g/mol. The summed E-state index contributed by atoms with van der Waals surface area (Å²) in [5.74, 6) is -0.479. The molecule has 0 spiro atoms. The van der Waals surface area contributed by atoms with Crippen LogP contribution in [-0.2, 0) is 17.6 Å². The lowest BCUT2D eigenvalue weighted by atomic mass is 9.90. The molecule has 0 saturated carbocycles. The summed E-state index contributed by atoms with van der Waals surface area (Å²) in [5, 5.41) is 2.89. The summed E-state index contributed by atoms with van der Waals surface area (Å²) in [4.78, 5) is 28.8. The number of carbonyl (C=O) groups is 2. The molecule has 108 valence electrons. The Morgan fingerprint density at radius 3 is 2.76 bits per heavy atom. The normalized spacial score (nSPS) is 17.0. The number of fused-ring (bicyclic) bond motifs is 1. The van der Waals surface area contributed by atoms with Gasteiger partial charge < -0.3 is 11.1 Å². The molecule has 1 aliphatic rings. The highest BCUT2D eigenvalue weighted by molar-refractivity contribution is 7.09. The maximum absolute atomic E-state index is 12.3. The van der Waals surface area contributed by atoms with Crippen molar-refractivity contribution in [2.24, 2.45) is 11.7 Å². The van der Waals surface area contributed by atoms with Gasteiger partial charge in [-0.15, -0.1) is 11.3 Å². The number of rotatable bonds is 3. The minimum atomic E-state index is -0.474. The molecule has 1 unspecified atom stereocenters. The Morgan fingerprint density at radius 1 is 1.29 bits per heavy atom. The van der Waals surface area contributed by atoms with E-state index < -0.39 is 5.91 Å². The molecule has 3 rings (SSSR count). The molecule has 1 aromatic carbocycles. The predicted octanol–water partition coefficient (Wildman–Crippen LogP) is 1.99. The second-order valence-electron chi connectivity index (χ2n) is 5.09. The van der Waals surface area contributed by atoms with Crippen molar-refractivity contribution in [3.8, 4) is 0 Å². The SMILES string of the molecule is NC(=O)c1ccc(NC(=O)C2CCc3ncsc3C2)cc1. The minimum Gasteiger partial charge on any atom is -0.366 e. The van der Waals surface area contributed by atoms with Gasteiger partial charge >= 0.3 is 0 Å². The van der Waals surface area contributed by atoms with E-state index in [1.807, 2.05) is 5.51 Å². The molecule has 0 saturated heterocycles. The van der Waals surface area contributed by atoms with Gasteiger partial charge in [0.25, 0.3) is 0 Å². The van der Waals surface area contributed by atoms with Crippen LogP contribution in [0.5, 0.6) is 0 Å². The fourth-order valence-corrected chi connectivity index (χ4v) is 3.38. The highest BCUT2D eigenvalue weighted by Crippen LogP contribution is 2.28. The van der Waals surface area contributed by atoms with Crippen LogP contribution in [-0.4, -0.2) is 16.8 Å². The molecule has 0 fully saturated rings. The Kier molecular flexibility index (Phi) is 3.70. The molecule has 1 aliphatic carbocycles. The summed E-state index contributed by atoms with van der Waals surface area (Å²) in [6.45, 7) is 0. The molecule has 0 aliphatic heterocycles. The molecule has 1 aromatic heterocycles. The fraction of sp³-hybridized carbons (Fsp3) is 0.267. The van der Waals surface area contributed by atoms with Crippen LogP contribution in [0.2, 0.25) is 0 Å². The molecule has 3 N–H and O–H groups in total. The first-order chi connectivity index (χ1) is 10.1. The Hall–Kier alpha value is -2.21. The van der Waals surface area contributed by atoms with Crippen molar-refractivity contribution in [1.29, 1.82) is 0 Å². The second-order valence-corrected chi connectivity index (χ2v) is 6.03. The van der Waals surface area contributed by atoms with Crippen LogP contribution in [0.4, 0.5) is 5.69 Å². The van der Waals surface area contributed by atoms with E-state index in [1.165, 1.54) is 4.88 Å². The number of aromatic nitrogens is 1. The number of aryl methyl sites for hydroxylation is 1. The van der Waals surface area contributed by atoms with Crippen molar-refractivity contribution in [3.63, 3.8) is 0 Å². The van der Waals surface area contributed by atoms with Crippen LogP contribution in [0, 0.1) is 5.92 Å². The maximum Gasteiger partial charge on any atom is 0.248 e. The Morgan fingerprint density at radius 2 is 2.05 bits per heavy atom. The molecule has 2 amide bonds. The fourth-order valence-electron chi connectivity index (χ4n) is 2.49. The lowest BCUT2D eigenvalue weighted by Crippen LogP contribution is -2.27. The van der Waals surface area contributed by atoms with Gasteiger partial charge in [-0.05, 0) is 43.5 Å². The van der Waals surface area contributed by atoms with E-state index in [0.717, 1.165) is 25.0 Å². The molecule has 5 nitrogen and oxygen atoms in total. The number of primary amides is 1. The Labute approximate surface area is 126 Å². The second kappa shape index (κ2) is 5.65. The van der Waals surface area contributed by atoms with Crippen molar-refractivity contribution in [2.45, 2.75) is 19.3 Å². The molecule has 0 bridgehead atoms. The van der Waals surface area contributed by atoms with Crippen LogP contribution < -0.4 is 11.1 Å². The van der Waals surface area contributed by atoms with Crippen molar-refractivity contribution in [1.82, 2.24) is 4.98 Å². The van der Waals surface area contributed by atoms with Crippen LogP contribution >= 0.6 is 11.3 Å². The number of benzene rings is 1. The van der Waals surface area contributed by atoms with Gasteiger partial charge in [-0.25, -0.2) is 4.98 Å². The monoisotopic (exact) mass is 301 g/mol. The van der Waals surface area contributed by atoms with Gasteiger partial charge in [0.15, 0.2) is 0 Å². The van der Waals surface area contributed by atoms with Crippen LogP contribution in [0.3, 0.4) is 0 Å². The van der Waals surface area contributed by atoms with E-state index >= 15 is 0 Å². The van der Waals surface area contributed by atoms with E-state index in [4.69, 9.17) is 5.73 Å². The van der Waals surface area contributed by atoms with E-state index in [0.29, 0.717) is 11.3 Å². The number of anilines is 1.